The highest BCUT2D eigenvalue weighted by atomic mass is 16.5. The lowest BCUT2D eigenvalue weighted by Gasteiger charge is -2.23. The van der Waals surface area contributed by atoms with Crippen molar-refractivity contribution in [3.05, 3.63) is 29.3 Å². The fraction of sp³-hybridized carbons (Fsp3) is 0.500. The second-order valence-corrected chi connectivity index (χ2v) is 4.60. The molecule has 1 fully saturated rings. The van der Waals surface area contributed by atoms with E-state index in [-0.39, 0.29) is 0 Å². The van der Waals surface area contributed by atoms with Gasteiger partial charge in [-0.15, -0.1) is 0 Å². The van der Waals surface area contributed by atoms with Gasteiger partial charge in [0.15, 0.2) is 0 Å². The zero-order valence-electron chi connectivity index (χ0n) is 10.1. The number of methoxy groups -OCH3 is 1. The van der Waals surface area contributed by atoms with Gasteiger partial charge in [-0.1, -0.05) is 25.3 Å². The fourth-order valence-electron chi connectivity index (χ4n) is 2.60. The third-order valence-corrected chi connectivity index (χ3v) is 3.53. The Bertz CT molecular complexity index is 406. The summed E-state index contributed by atoms with van der Waals surface area (Å²) in [6.45, 7) is 0. The van der Waals surface area contributed by atoms with Crippen molar-refractivity contribution in [1.29, 1.82) is 0 Å². The highest BCUT2D eigenvalue weighted by Gasteiger charge is 2.20. The lowest BCUT2D eigenvalue weighted by Crippen LogP contribution is -2.07. The maximum atomic E-state index is 10.9. The van der Waals surface area contributed by atoms with Crippen molar-refractivity contribution < 1.29 is 14.6 Å². The maximum Gasteiger partial charge on any atom is 0.335 e. The van der Waals surface area contributed by atoms with E-state index in [4.69, 9.17) is 9.84 Å². The molecule has 17 heavy (non-hydrogen) atoms. The van der Waals surface area contributed by atoms with Crippen LogP contribution in [-0.4, -0.2) is 18.2 Å². The van der Waals surface area contributed by atoms with E-state index in [1.54, 1.807) is 19.2 Å². The van der Waals surface area contributed by atoms with E-state index >= 15 is 0 Å². The van der Waals surface area contributed by atoms with Crippen molar-refractivity contribution in [3.63, 3.8) is 0 Å². The molecule has 92 valence electrons. The molecule has 0 heterocycles. The van der Waals surface area contributed by atoms with Crippen LogP contribution in [-0.2, 0) is 0 Å². The van der Waals surface area contributed by atoms with Crippen molar-refractivity contribution in [3.8, 4) is 5.75 Å². The van der Waals surface area contributed by atoms with Gasteiger partial charge in [-0.25, -0.2) is 4.79 Å². The van der Waals surface area contributed by atoms with Crippen molar-refractivity contribution in [2.24, 2.45) is 0 Å². The Hall–Kier alpha value is -1.51. The van der Waals surface area contributed by atoms with Gasteiger partial charge in [-0.2, -0.15) is 0 Å². The van der Waals surface area contributed by atoms with Crippen LogP contribution in [0.5, 0.6) is 5.75 Å². The largest absolute Gasteiger partial charge is 0.496 e. The van der Waals surface area contributed by atoms with E-state index in [0.717, 1.165) is 11.3 Å². The van der Waals surface area contributed by atoms with Gasteiger partial charge in [0, 0.05) is 0 Å². The highest BCUT2D eigenvalue weighted by molar-refractivity contribution is 5.88. The van der Waals surface area contributed by atoms with E-state index in [2.05, 4.69) is 0 Å². The molecule has 0 radical (unpaired) electrons. The first-order valence-corrected chi connectivity index (χ1v) is 6.13. The van der Waals surface area contributed by atoms with Gasteiger partial charge in [0.05, 0.1) is 12.7 Å². The lowest BCUT2D eigenvalue weighted by molar-refractivity contribution is 0.0696. The van der Waals surface area contributed by atoms with Gasteiger partial charge in [-0.3, -0.25) is 0 Å². The van der Waals surface area contributed by atoms with Crippen LogP contribution in [0.25, 0.3) is 0 Å². The molecule has 0 aliphatic heterocycles. The Morgan fingerprint density at radius 1 is 1.29 bits per heavy atom. The molecule has 0 aromatic heterocycles. The number of benzene rings is 1. The Morgan fingerprint density at radius 3 is 2.59 bits per heavy atom. The highest BCUT2D eigenvalue weighted by Crippen LogP contribution is 2.37. The molecular weight excluding hydrogens is 216 g/mol. The van der Waals surface area contributed by atoms with E-state index in [0.29, 0.717) is 11.5 Å². The quantitative estimate of drug-likeness (QED) is 0.871. The van der Waals surface area contributed by atoms with Gasteiger partial charge in [0.25, 0.3) is 0 Å². The van der Waals surface area contributed by atoms with Crippen LogP contribution in [0.3, 0.4) is 0 Å². The van der Waals surface area contributed by atoms with Crippen molar-refractivity contribution >= 4 is 5.97 Å². The molecule has 0 unspecified atom stereocenters. The normalized spacial score (nSPS) is 16.8. The molecule has 1 aromatic rings. The van der Waals surface area contributed by atoms with Crippen molar-refractivity contribution in [1.82, 2.24) is 0 Å². The molecule has 0 atom stereocenters. The minimum Gasteiger partial charge on any atom is -0.496 e. The summed E-state index contributed by atoms with van der Waals surface area (Å²) >= 11 is 0. The molecule has 0 amide bonds. The van der Waals surface area contributed by atoms with Crippen LogP contribution >= 0.6 is 0 Å². The molecule has 3 heteroatoms. The molecule has 0 bridgehead atoms. The zero-order chi connectivity index (χ0) is 12.3. The third-order valence-electron chi connectivity index (χ3n) is 3.53. The summed E-state index contributed by atoms with van der Waals surface area (Å²) in [7, 11) is 1.60. The average Bonchev–Trinajstić information content (AvgIpc) is 2.39. The number of carboxylic acid groups (broad SMARTS) is 1. The van der Waals surface area contributed by atoms with Gasteiger partial charge in [0.2, 0.25) is 0 Å². The predicted octanol–water partition coefficient (Wildman–Crippen LogP) is 3.44. The second kappa shape index (κ2) is 5.21. The number of aromatic carboxylic acids is 1. The van der Waals surface area contributed by atoms with E-state index in [1.807, 2.05) is 6.07 Å². The number of hydrogen-bond acceptors (Lipinski definition) is 2. The maximum absolute atomic E-state index is 10.9. The molecule has 0 saturated heterocycles. The SMILES string of the molecule is COc1cc(C(=O)O)ccc1C1CCCCC1. The van der Waals surface area contributed by atoms with Crippen LogP contribution in [0.1, 0.15) is 53.9 Å². The molecule has 3 nitrogen and oxygen atoms in total. The van der Waals surface area contributed by atoms with E-state index < -0.39 is 5.97 Å². The van der Waals surface area contributed by atoms with Crippen molar-refractivity contribution in [2.75, 3.05) is 7.11 Å². The minimum atomic E-state index is -0.904. The fourth-order valence-corrected chi connectivity index (χ4v) is 2.60. The van der Waals surface area contributed by atoms with Crippen LogP contribution in [0.15, 0.2) is 18.2 Å². The molecule has 2 rings (SSSR count). The van der Waals surface area contributed by atoms with Gasteiger partial charge >= 0.3 is 5.97 Å². The van der Waals surface area contributed by atoms with E-state index in [1.165, 1.54) is 32.1 Å². The predicted molar refractivity (Wildman–Crippen MR) is 65.8 cm³/mol. The van der Waals surface area contributed by atoms with Gasteiger partial charge in [-0.05, 0) is 36.5 Å². The third kappa shape index (κ3) is 2.60. The van der Waals surface area contributed by atoms with Crippen LogP contribution in [0.2, 0.25) is 0 Å². The standard InChI is InChI=1S/C14H18O3/c1-17-13-9-11(14(15)16)7-8-12(13)10-5-3-2-4-6-10/h7-10H,2-6H2,1H3,(H,15,16). The first-order chi connectivity index (χ1) is 8.22. The Labute approximate surface area is 101 Å². The Kier molecular flexibility index (Phi) is 3.67. The molecule has 1 aliphatic rings. The smallest absolute Gasteiger partial charge is 0.335 e. The molecule has 1 aliphatic carbocycles. The van der Waals surface area contributed by atoms with E-state index in [9.17, 15) is 4.79 Å². The van der Waals surface area contributed by atoms with Crippen LogP contribution < -0.4 is 4.74 Å². The topological polar surface area (TPSA) is 46.5 Å². The lowest BCUT2D eigenvalue weighted by atomic mass is 9.83. The summed E-state index contributed by atoms with van der Waals surface area (Å²) in [5.74, 6) is 0.344. The minimum absolute atomic E-state index is 0.293. The Balaban J connectivity index is 2.29. The van der Waals surface area contributed by atoms with Crippen LogP contribution in [0.4, 0.5) is 0 Å². The summed E-state index contributed by atoms with van der Waals surface area (Å²) in [5, 5.41) is 8.95. The molecule has 1 N–H and O–H groups in total. The summed E-state index contributed by atoms with van der Waals surface area (Å²) in [6, 6.07) is 5.22. The second-order valence-electron chi connectivity index (χ2n) is 4.60. The monoisotopic (exact) mass is 234 g/mol. The number of rotatable bonds is 3. The average molecular weight is 234 g/mol. The van der Waals surface area contributed by atoms with Crippen molar-refractivity contribution in [2.45, 2.75) is 38.0 Å². The molecular formula is C14H18O3. The Morgan fingerprint density at radius 2 is 2.00 bits per heavy atom. The van der Waals surface area contributed by atoms with Gasteiger partial charge < -0.3 is 9.84 Å². The molecule has 1 saturated carbocycles. The number of hydrogen-bond donors (Lipinski definition) is 1. The first-order valence-electron chi connectivity index (χ1n) is 6.13. The number of carboxylic acids is 1. The summed E-state index contributed by atoms with van der Waals surface area (Å²) in [4.78, 5) is 10.9. The summed E-state index contributed by atoms with van der Waals surface area (Å²) in [6.07, 6.45) is 6.20. The summed E-state index contributed by atoms with van der Waals surface area (Å²) in [5.41, 5.74) is 1.46. The van der Waals surface area contributed by atoms with Crippen LogP contribution in [0, 0.1) is 0 Å². The molecule has 1 aromatic carbocycles. The zero-order valence-corrected chi connectivity index (χ0v) is 10.1. The van der Waals surface area contributed by atoms with Gasteiger partial charge in [0.1, 0.15) is 5.75 Å². The summed E-state index contributed by atoms with van der Waals surface area (Å²) < 4.78 is 5.33. The number of carbonyl (C=O) groups is 1. The molecule has 0 spiro atoms. The first kappa shape index (κ1) is 12.0. The number of ether oxygens (including phenoxy) is 1.